The molecule has 0 fully saturated rings. The number of carboxylic acids is 1. The molecule has 5 nitrogen and oxygen atoms in total. The Bertz CT molecular complexity index is 848. The van der Waals surface area contributed by atoms with Crippen LogP contribution in [-0.2, 0) is 0 Å². The van der Waals surface area contributed by atoms with Gasteiger partial charge in [0.2, 0.25) is 0 Å². The van der Waals surface area contributed by atoms with E-state index < -0.39 is 5.97 Å². The van der Waals surface area contributed by atoms with Crippen molar-refractivity contribution in [3.05, 3.63) is 45.2 Å². The van der Waals surface area contributed by atoms with Gasteiger partial charge in [-0.3, -0.25) is 9.20 Å². The molecule has 3 aromatic rings. The molecule has 3 rings (SSSR count). The van der Waals surface area contributed by atoms with Crippen molar-refractivity contribution in [3.63, 3.8) is 0 Å². The van der Waals surface area contributed by atoms with E-state index in [0.717, 1.165) is 4.88 Å². The van der Waals surface area contributed by atoms with Crippen LogP contribution in [0.4, 0.5) is 0 Å². The molecule has 0 aliphatic heterocycles. The minimum Gasteiger partial charge on any atom is -0.478 e. The van der Waals surface area contributed by atoms with Crippen molar-refractivity contribution < 1.29 is 9.90 Å². The molecule has 1 N–H and O–H groups in total. The fraction of sp³-hybridized carbons (Fsp3) is 0.0833. The highest BCUT2D eigenvalue weighted by Gasteiger charge is 2.10. The SMILES string of the molecule is Cc1cc2nc3ccc(C(=O)O)cn3c(=O)c2s1. The van der Waals surface area contributed by atoms with Gasteiger partial charge in [0.25, 0.3) is 5.56 Å². The van der Waals surface area contributed by atoms with E-state index in [9.17, 15) is 9.59 Å². The van der Waals surface area contributed by atoms with Gasteiger partial charge in [-0.2, -0.15) is 0 Å². The number of fused-ring (bicyclic) bond motifs is 2. The monoisotopic (exact) mass is 260 g/mol. The summed E-state index contributed by atoms with van der Waals surface area (Å²) in [7, 11) is 0. The van der Waals surface area contributed by atoms with Crippen molar-refractivity contribution in [1.82, 2.24) is 9.38 Å². The van der Waals surface area contributed by atoms with Gasteiger partial charge in [-0.25, -0.2) is 9.78 Å². The number of rotatable bonds is 1. The summed E-state index contributed by atoms with van der Waals surface area (Å²) < 4.78 is 1.83. The second kappa shape index (κ2) is 3.64. The van der Waals surface area contributed by atoms with E-state index in [1.807, 2.05) is 13.0 Å². The Morgan fingerprint density at radius 3 is 2.94 bits per heavy atom. The summed E-state index contributed by atoms with van der Waals surface area (Å²) in [5.74, 6) is -1.06. The maximum atomic E-state index is 12.2. The van der Waals surface area contributed by atoms with Crippen molar-refractivity contribution in [2.24, 2.45) is 0 Å². The number of aromatic carboxylic acids is 1. The molecule has 0 atom stereocenters. The fourth-order valence-electron chi connectivity index (χ4n) is 1.84. The first-order valence-corrected chi connectivity index (χ1v) is 6.04. The number of thiophene rings is 1. The van der Waals surface area contributed by atoms with E-state index in [1.54, 1.807) is 0 Å². The minimum absolute atomic E-state index is 0.0685. The van der Waals surface area contributed by atoms with Gasteiger partial charge in [0.05, 0.1) is 11.1 Å². The van der Waals surface area contributed by atoms with E-state index in [0.29, 0.717) is 15.9 Å². The first-order chi connectivity index (χ1) is 8.56. The number of pyridine rings is 1. The third-order valence-corrected chi connectivity index (χ3v) is 3.69. The molecular weight excluding hydrogens is 252 g/mol. The highest BCUT2D eigenvalue weighted by molar-refractivity contribution is 7.18. The number of nitrogens with zero attached hydrogens (tertiary/aromatic N) is 2. The molecule has 0 radical (unpaired) electrons. The summed E-state index contributed by atoms with van der Waals surface area (Å²) in [5, 5.41) is 8.92. The van der Waals surface area contributed by atoms with Crippen LogP contribution in [0.2, 0.25) is 0 Å². The molecule has 0 spiro atoms. The van der Waals surface area contributed by atoms with Crippen LogP contribution in [0.25, 0.3) is 15.9 Å². The lowest BCUT2D eigenvalue weighted by atomic mass is 10.3. The topological polar surface area (TPSA) is 71.7 Å². The molecule has 90 valence electrons. The van der Waals surface area contributed by atoms with E-state index in [4.69, 9.17) is 5.11 Å². The van der Waals surface area contributed by atoms with Crippen LogP contribution in [0, 0.1) is 6.92 Å². The zero-order valence-corrected chi connectivity index (χ0v) is 10.2. The highest BCUT2D eigenvalue weighted by atomic mass is 32.1. The standard InChI is InChI=1S/C12H8N2O3S/c1-6-4-8-10(18-6)11(15)14-5-7(12(16)17)2-3-9(14)13-8/h2-5H,1H3,(H,16,17). The first-order valence-electron chi connectivity index (χ1n) is 5.22. The van der Waals surface area contributed by atoms with Crippen LogP contribution in [0.1, 0.15) is 15.2 Å². The van der Waals surface area contributed by atoms with E-state index in [2.05, 4.69) is 4.98 Å². The third-order valence-electron chi connectivity index (χ3n) is 2.66. The number of carboxylic acid groups (broad SMARTS) is 1. The summed E-state index contributed by atoms with van der Waals surface area (Å²) in [5.41, 5.74) is 0.955. The number of aromatic nitrogens is 2. The molecule has 0 unspecified atom stereocenters. The number of hydrogen-bond donors (Lipinski definition) is 1. The molecule has 3 heterocycles. The van der Waals surface area contributed by atoms with Gasteiger partial charge in [-0.15, -0.1) is 11.3 Å². The molecule has 0 saturated carbocycles. The van der Waals surface area contributed by atoms with Crippen LogP contribution >= 0.6 is 11.3 Å². The smallest absolute Gasteiger partial charge is 0.337 e. The molecule has 0 bridgehead atoms. The Labute approximate surface area is 105 Å². The van der Waals surface area contributed by atoms with Crippen LogP contribution < -0.4 is 5.56 Å². The Balaban J connectivity index is 2.48. The quantitative estimate of drug-likeness (QED) is 0.725. The lowest BCUT2D eigenvalue weighted by Gasteiger charge is -2.01. The van der Waals surface area contributed by atoms with Crippen LogP contribution in [0.5, 0.6) is 0 Å². The van der Waals surface area contributed by atoms with Crippen molar-refractivity contribution in [2.75, 3.05) is 0 Å². The van der Waals surface area contributed by atoms with Gasteiger partial charge >= 0.3 is 5.97 Å². The zero-order valence-electron chi connectivity index (χ0n) is 9.38. The summed E-state index contributed by atoms with van der Waals surface area (Å²) >= 11 is 1.36. The van der Waals surface area contributed by atoms with Gasteiger partial charge in [0.1, 0.15) is 10.3 Å². The molecular formula is C12H8N2O3S. The largest absolute Gasteiger partial charge is 0.478 e. The lowest BCUT2D eigenvalue weighted by Crippen LogP contribution is -2.15. The fourth-order valence-corrected chi connectivity index (χ4v) is 2.73. The molecule has 0 aromatic carbocycles. The van der Waals surface area contributed by atoms with Crippen LogP contribution in [0.3, 0.4) is 0 Å². The Hall–Kier alpha value is -2.21. The van der Waals surface area contributed by atoms with Crippen molar-refractivity contribution >= 4 is 33.2 Å². The zero-order chi connectivity index (χ0) is 12.9. The number of aryl methyl sites for hydroxylation is 1. The minimum atomic E-state index is -1.06. The van der Waals surface area contributed by atoms with Gasteiger partial charge < -0.3 is 5.11 Å². The second-order valence-corrected chi connectivity index (χ2v) is 5.20. The molecule has 3 aromatic heterocycles. The van der Waals surface area contributed by atoms with Crippen molar-refractivity contribution in [2.45, 2.75) is 6.92 Å². The van der Waals surface area contributed by atoms with Gasteiger partial charge in [0.15, 0.2) is 0 Å². The normalized spacial score (nSPS) is 11.2. The van der Waals surface area contributed by atoms with E-state index in [-0.39, 0.29) is 11.1 Å². The molecule has 0 saturated heterocycles. The number of carbonyl (C=O) groups is 1. The van der Waals surface area contributed by atoms with Gasteiger partial charge in [-0.05, 0) is 25.1 Å². The molecule has 0 aliphatic rings. The summed E-state index contributed by atoms with van der Waals surface area (Å²) in [4.78, 5) is 28.5. The van der Waals surface area contributed by atoms with Gasteiger partial charge in [0, 0.05) is 11.1 Å². The number of hydrogen-bond acceptors (Lipinski definition) is 4. The van der Waals surface area contributed by atoms with Gasteiger partial charge in [-0.1, -0.05) is 0 Å². The lowest BCUT2D eigenvalue weighted by molar-refractivity contribution is 0.0696. The van der Waals surface area contributed by atoms with Crippen LogP contribution in [0.15, 0.2) is 29.2 Å². The first kappa shape index (κ1) is 10.9. The van der Waals surface area contributed by atoms with Crippen LogP contribution in [-0.4, -0.2) is 20.5 Å². The van der Waals surface area contributed by atoms with Crippen molar-refractivity contribution in [3.8, 4) is 0 Å². The Kier molecular flexibility index (Phi) is 2.21. The average Bonchev–Trinajstić information content (AvgIpc) is 2.70. The maximum absolute atomic E-state index is 12.2. The summed E-state index contributed by atoms with van der Waals surface area (Å²) in [6.45, 7) is 1.91. The van der Waals surface area contributed by atoms with E-state index >= 15 is 0 Å². The summed E-state index contributed by atoms with van der Waals surface area (Å²) in [6.07, 6.45) is 1.31. The third kappa shape index (κ3) is 1.50. The average molecular weight is 260 g/mol. The van der Waals surface area contributed by atoms with Crippen molar-refractivity contribution in [1.29, 1.82) is 0 Å². The predicted molar refractivity (Wildman–Crippen MR) is 68.5 cm³/mol. The molecule has 0 aliphatic carbocycles. The molecule has 18 heavy (non-hydrogen) atoms. The predicted octanol–water partition coefficient (Wildman–Crippen LogP) is 1.92. The second-order valence-electron chi connectivity index (χ2n) is 3.94. The maximum Gasteiger partial charge on any atom is 0.337 e. The molecule has 6 heteroatoms. The summed E-state index contributed by atoms with van der Waals surface area (Å²) in [6, 6.07) is 4.83. The highest BCUT2D eigenvalue weighted by Crippen LogP contribution is 2.20. The Morgan fingerprint density at radius 1 is 1.44 bits per heavy atom. The van der Waals surface area contributed by atoms with E-state index in [1.165, 1.54) is 34.1 Å². The Morgan fingerprint density at radius 2 is 2.22 bits per heavy atom. The molecule has 0 amide bonds.